The van der Waals surface area contributed by atoms with E-state index in [-0.39, 0.29) is 36.4 Å². The molecule has 0 saturated carbocycles. The Balaban J connectivity index is 0.000000520. The first-order valence-corrected chi connectivity index (χ1v) is 17.2. The molecule has 0 spiro atoms. The second-order valence-electron chi connectivity index (χ2n) is 8.76. The summed E-state index contributed by atoms with van der Waals surface area (Å²) in [6, 6.07) is 16.9. The van der Waals surface area contributed by atoms with Crippen molar-refractivity contribution in [3.05, 3.63) is 101 Å². The van der Waals surface area contributed by atoms with Crippen LogP contribution in [0.3, 0.4) is 0 Å². The Morgan fingerprint density at radius 1 is 0.647 bits per heavy atom. The summed E-state index contributed by atoms with van der Waals surface area (Å²) in [6.45, 7) is 4.42. The maximum Gasteiger partial charge on any atom is -1.00 e. The molecule has 34 heavy (non-hydrogen) atoms. The second-order valence-corrected chi connectivity index (χ2v) is 16.1. The van der Waals surface area contributed by atoms with Crippen LogP contribution in [0.2, 0.25) is 12.1 Å². The smallest absolute Gasteiger partial charge is 1.00 e. The first-order chi connectivity index (χ1) is 15.5. The molecule has 0 bridgehead atoms. The summed E-state index contributed by atoms with van der Waals surface area (Å²) in [5.41, 5.74) is 7.52. The van der Waals surface area contributed by atoms with Gasteiger partial charge in [0.2, 0.25) is 0 Å². The summed E-state index contributed by atoms with van der Waals surface area (Å²) in [5.74, 6) is -0.382. The van der Waals surface area contributed by atoms with E-state index in [4.69, 9.17) is 0 Å². The average molecular weight is 682 g/mol. The fraction of sp³-hybridized carbons (Fsp3) is 0.286. The third kappa shape index (κ3) is 7.22. The van der Waals surface area contributed by atoms with Gasteiger partial charge in [-0.05, 0) is 0 Å². The van der Waals surface area contributed by atoms with E-state index in [1.54, 1.807) is 31.6 Å². The molecule has 0 nitrogen and oxygen atoms in total. The monoisotopic (exact) mass is 682 g/mol. The van der Waals surface area contributed by atoms with Crippen LogP contribution >= 0.6 is 0 Å². The summed E-state index contributed by atoms with van der Waals surface area (Å²) in [6.07, 6.45) is 9.78. The van der Waals surface area contributed by atoms with Crippen LogP contribution in [0, 0.1) is 11.6 Å². The Morgan fingerprint density at radius 3 is 1.35 bits per heavy atom. The first-order valence-electron chi connectivity index (χ1n) is 11.6. The molecule has 1 saturated heterocycles. The molecule has 3 aliphatic rings. The summed E-state index contributed by atoms with van der Waals surface area (Å²) >= 11 is -1.10. The third-order valence-corrected chi connectivity index (χ3v) is 14.9. The van der Waals surface area contributed by atoms with Crippen LogP contribution in [0.15, 0.2) is 78.5 Å². The fourth-order valence-corrected chi connectivity index (χ4v) is 11.5. The number of halogens is 4. The Labute approximate surface area is 228 Å². The number of benzene rings is 2. The topological polar surface area (TPSA) is 0 Å². The molecular weight excluding hydrogens is 652 g/mol. The molecule has 0 amide bonds. The molecule has 6 heteroatoms. The summed E-state index contributed by atoms with van der Waals surface area (Å²) < 4.78 is 29.7. The summed E-state index contributed by atoms with van der Waals surface area (Å²) in [4.78, 5) is 0. The second kappa shape index (κ2) is 13.9. The molecule has 1 heterocycles. The van der Waals surface area contributed by atoms with E-state index in [1.165, 1.54) is 46.6 Å². The molecule has 0 radical (unpaired) electrons. The largest absolute Gasteiger partial charge is 1.00 e. The van der Waals surface area contributed by atoms with Gasteiger partial charge >= 0.3 is 171 Å². The van der Waals surface area contributed by atoms with Gasteiger partial charge in [-0.15, -0.1) is 0 Å². The molecule has 0 atom stereocenters. The maximum absolute atomic E-state index is 13.2. The van der Waals surface area contributed by atoms with Crippen LogP contribution in [-0.2, 0) is 22.9 Å². The van der Waals surface area contributed by atoms with Crippen LogP contribution in [0.1, 0.15) is 50.7 Å². The minimum Gasteiger partial charge on any atom is -1.00 e. The van der Waals surface area contributed by atoms with Crippen molar-refractivity contribution >= 4 is 20.7 Å². The average Bonchev–Trinajstić information content (AvgIpc) is 3.55. The van der Waals surface area contributed by atoms with Gasteiger partial charge in [0.25, 0.3) is 0 Å². The quantitative estimate of drug-likeness (QED) is 0.432. The van der Waals surface area contributed by atoms with Gasteiger partial charge in [0.05, 0.1) is 0 Å². The van der Waals surface area contributed by atoms with Crippen molar-refractivity contribution in [1.29, 1.82) is 0 Å². The summed E-state index contributed by atoms with van der Waals surface area (Å²) in [7, 11) is 0.543. The number of hydrogen-bond donors (Lipinski definition) is 0. The van der Waals surface area contributed by atoms with Gasteiger partial charge < -0.3 is 24.8 Å². The standard InChI is InChI=1S/2C12H10F.C4H10Si.2ClH.Hf/c2*1-9-3-2-4-12(9)10-5-7-11(13)8-6-10;1-2-4-5-3-1;;;/h2*4-8H,2H2,1H3;1-5H2;2*1H;/q;;;;;+2/p-2. The molecular formula is C28H30Cl2F2HfSi. The van der Waals surface area contributed by atoms with Crippen LogP contribution < -0.4 is 24.8 Å². The molecule has 0 N–H and O–H groups in total. The van der Waals surface area contributed by atoms with E-state index < -0.39 is 22.9 Å². The van der Waals surface area contributed by atoms with E-state index in [9.17, 15) is 8.78 Å². The molecule has 1 fully saturated rings. The van der Waals surface area contributed by atoms with Crippen LogP contribution in [0.4, 0.5) is 8.78 Å². The van der Waals surface area contributed by atoms with Crippen molar-refractivity contribution in [2.45, 2.75) is 51.6 Å². The Morgan fingerprint density at radius 2 is 1.03 bits per heavy atom. The van der Waals surface area contributed by atoms with E-state index in [1.807, 2.05) is 24.3 Å². The number of hydrogen-bond acceptors (Lipinski definition) is 0. The SMILES string of the molecule is C1CC[SiH2]C1.CC1=[C]([Hf+2][C]2=C(C)C(c3ccc(F)cc3)=CC2)CC=C1c1ccc(F)cc1.[Cl-].[Cl-]. The van der Waals surface area contributed by atoms with Crippen molar-refractivity contribution in [2.24, 2.45) is 0 Å². The predicted molar refractivity (Wildman–Crippen MR) is 131 cm³/mol. The van der Waals surface area contributed by atoms with Crippen LogP contribution in [0.25, 0.3) is 11.1 Å². The zero-order chi connectivity index (χ0) is 22.5. The van der Waals surface area contributed by atoms with Crippen LogP contribution in [0.5, 0.6) is 0 Å². The van der Waals surface area contributed by atoms with Crippen molar-refractivity contribution < 1.29 is 56.5 Å². The van der Waals surface area contributed by atoms with Gasteiger partial charge in [0.1, 0.15) is 0 Å². The van der Waals surface area contributed by atoms with Crippen LogP contribution in [-0.4, -0.2) is 9.52 Å². The van der Waals surface area contributed by atoms with Crippen molar-refractivity contribution in [3.8, 4) is 0 Å². The Kier molecular flexibility index (Phi) is 11.9. The molecule has 2 aromatic rings. The molecule has 0 unspecified atom stereocenters. The fourth-order valence-electron chi connectivity index (χ4n) is 4.63. The van der Waals surface area contributed by atoms with Crippen molar-refractivity contribution in [1.82, 2.24) is 0 Å². The Bertz CT molecular complexity index is 1010. The zero-order valence-corrected chi connectivity index (χ0v) is 26.3. The van der Waals surface area contributed by atoms with Gasteiger partial charge in [-0.1, -0.05) is 24.9 Å². The van der Waals surface area contributed by atoms with Gasteiger partial charge in [-0.25, -0.2) is 0 Å². The van der Waals surface area contributed by atoms with E-state index in [0.29, 0.717) is 9.52 Å². The minimum atomic E-state index is -1.10. The maximum atomic E-state index is 13.2. The first kappa shape index (κ1) is 29.2. The van der Waals surface area contributed by atoms with E-state index in [0.717, 1.165) is 24.0 Å². The predicted octanol–water partition coefficient (Wildman–Crippen LogP) is 1.66. The molecule has 178 valence electrons. The van der Waals surface area contributed by atoms with Gasteiger partial charge in [0, 0.05) is 9.52 Å². The van der Waals surface area contributed by atoms with E-state index >= 15 is 0 Å². The molecule has 5 rings (SSSR count). The molecule has 0 aromatic heterocycles. The molecule has 1 aliphatic heterocycles. The zero-order valence-electron chi connectivity index (χ0n) is 19.7. The van der Waals surface area contributed by atoms with E-state index in [2.05, 4.69) is 26.0 Å². The number of rotatable bonds is 4. The third-order valence-electron chi connectivity index (χ3n) is 6.60. The minimum absolute atomic E-state index is 0. The van der Waals surface area contributed by atoms with Gasteiger partial charge in [0.15, 0.2) is 0 Å². The molecule has 2 aromatic carbocycles. The summed E-state index contributed by atoms with van der Waals surface area (Å²) in [5, 5.41) is 0. The van der Waals surface area contributed by atoms with Crippen molar-refractivity contribution in [3.63, 3.8) is 0 Å². The van der Waals surface area contributed by atoms with Gasteiger partial charge in [-0.3, -0.25) is 0 Å². The molecule has 2 aliphatic carbocycles. The number of allylic oxidation sites excluding steroid dienone is 8. The van der Waals surface area contributed by atoms with Crippen molar-refractivity contribution in [2.75, 3.05) is 0 Å². The van der Waals surface area contributed by atoms with Gasteiger partial charge in [-0.2, -0.15) is 0 Å². The normalized spacial score (nSPS) is 16.7. The Hall–Kier alpha value is -1.07.